The summed E-state index contributed by atoms with van der Waals surface area (Å²) in [4.78, 5) is 10.4. The fraction of sp³-hybridized carbons (Fsp3) is 0.875. The number of hydrogen-bond donors (Lipinski definition) is 1. The zero-order valence-electron chi connectivity index (χ0n) is 7.73. The summed E-state index contributed by atoms with van der Waals surface area (Å²) in [6.45, 7) is 6.04. The van der Waals surface area contributed by atoms with Crippen LogP contribution in [0.5, 0.6) is 0 Å². The Morgan fingerprint density at radius 1 is 1.55 bits per heavy atom. The fourth-order valence-corrected chi connectivity index (χ4v) is 0.575. The molecule has 0 saturated carbocycles. The molecule has 0 aromatic heterocycles. The van der Waals surface area contributed by atoms with Crippen LogP contribution in [-0.2, 0) is 9.53 Å². The molecule has 0 aromatic rings. The Balaban J connectivity index is 3.45. The third-order valence-electron chi connectivity index (χ3n) is 1.71. The maximum absolute atomic E-state index is 10.4. The Kier molecular flexibility index (Phi) is 4.11. The highest BCUT2D eigenvalue weighted by atomic mass is 16.5. The molecule has 66 valence electrons. The van der Waals surface area contributed by atoms with Crippen LogP contribution < -0.4 is 5.32 Å². The Labute approximate surface area is 68.1 Å². The van der Waals surface area contributed by atoms with E-state index in [1.165, 1.54) is 6.92 Å². The van der Waals surface area contributed by atoms with Gasteiger partial charge in [0.1, 0.15) is 0 Å². The van der Waals surface area contributed by atoms with E-state index in [4.69, 9.17) is 4.74 Å². The lowest BCUT2D eigenvalue weighted by atomic mass is 10.0. The van der Waals surface area contributed by atoms with Crippen molar-refractivity contribution in [3.63, 3.8) is 0 Å². The lowest BCUT2D eigenvalue weighted by Gasteiger charge is -2.23. The third kappa shape index (κ3) is 5.85. The molecule has 0 aliphatic heterocycles. The van der Waals surface area contributed by atoms with Crippen molar-refractivity contribution in [2.24, 2.45) is 0 Å². The minimum absolute atomic E-state index is 0.0510. The molecule has 0 spiro atoms. The number of carbonyl (C=O) groups excluding carboxylic acids is 1. The van der Waals surface area contributed by atoms with E-state index < -0.39 is 0 Å². The molecule has 0 aromatic carbocycles. The second kappa shape index (κ2) is 4.34. The van der Waals surface area contributed by atoms with Gasteiger partial charge in [0, 0.05) is 12.5 Å². The van der Waals surface area contributed by atoms with Gasteiger partial charge in [-0.15, -0.1) is 0 Å². The van der Waals surface area contributed by atoms with Gasteiger partial charge in [-0.1, -0.05) is 0 Å². The maximum Gasteiger partial charge on any atom is 0.302 e. The molecule has 0 aliphatic carbocycles. The average Bonchev–Trinajstić information content (AvgIpc) is 1.87. The molecule has 1 N–H and O–H groups in total. The Morgan fingerprint density at radius 2 is 2.09 bits per heavy atom. The van der Waals surface area contributed by atoms with E-state index in [0.29, 0.717) is 6.61 Å². The Hall–Kier alpha value is -0.570. The smallest absolute Gasteiger partial charge is 0.302 e. The minimum Gasteiger partial charge on any atom is -0.466 e. The highest BCUT2D eigenvalue weighted by molar-refractivity contribution is 5.65. The first kappa shape index (κ1) is 10.4. The predicted molar refractivity (Wildman–Crippen MR) is 44.4 cm³/mol. The van der Waals surface area contributed by atoms with Crippen LogP contribution in [0.3, 0.4) is 0 Å². The first-order valence-electron chi connectivity index (χ1n) is 3.80. The number of hydrogen-bond acceptors (Lipinski definition) is 3. The van der Waals surface area contributed by atoms with E-state index in [0.717, 1.165) is 6.42 Å². The topological polar surface area (TPSA) is 38.3 Å². The molecular weight excluding hydrogens is 142 g/mol. The van der Waals surface area contributed by atoms with Gasteiger partial charge in [0.2, 0.25) is 0 Å². The van der Waals surface area contributed by atoms with Crippen LogP contribution in [0.15, 0.2) is 0 Å². The van der Waals surface area contributed by atoms with Crippen LogP contribution in [0.4, 0.5) is 0 Å². The number of carbonyl (C=O) groups is 1. The van der Waals surface area contributed by atoms with Gasteiger partial charge in [-0.25, -0.2) is 0 Å². The quantitative estimate of drug-likeness (QED) is 0.620. The summed E-state index contributed by atoms with van der Waals surface area (Å²) in [5.41, 5.74) is 0.0510. The average molecular weight is 159 g/mol. The normalized spacial score (nSPS) is 11.3. The molecule has 0 amide bonds. The fourth-order valence-electron chi connectivity index (χ4n) is 0.575. The van der Waals surface area contributed by atoms with Gasteiger partial charge in [0.25, 0.3) is 0 Å². The molecule has 0 saturated heterocycles. The monoisotopic (exact) mass is 159 g/mol. The van der Waals surface area contributed by atoms with Crippen LogP contribution in [0, 0.1) is 0 Å². The van der Waals surface area contributed by atoms with Crippen molar-refractivity contribution in [3.8, 4) is 0 Å². The van der Waals surface area contributed by atoms with Crippen molar-refractivity contribution in [2.75, 3.05) is 13.7 Å². The lowest BCUT2D eigenvalue weighted by molar-refractivity contribution is -0.141. The van der Waals surface area contributed by atoms with Gasteiger partial charge in [0.05, 0.1) is 6.61 Å². The Bertz CT molecular complexity index is 132. The van der Waals surface area contributed by atoms with Crippen molar-refractivity contribution in [3.05, 3.63) is 0 Å². The summed E-state index contributed by atoms with van der Waals surface area (Å²) in [6.07, 6.45) is 0.836. The SMILES string of the molecule is CNC(C)(C)CCOC(C)=O. The van der Waals surface area contributed by atoms with Crippen LogP contribution in [0.2, 0.25) is 0 Å². The summed E-state index contributed by atoms with van der Waals surface area (Å²) in [6, 6.07) is 0. The van der Waals surface area contributed by atoms with Gasteiger partial charge in [-0.2, -0.15) is 0 Å². The Morgan fingerprint density at radius 3 is 2.45 bits per heavy atom. The van der Waals surface area contributed by atoms with E-state index in [9.17, 15) is 4.79 Å². The van der Waals surface area contributed by atoms with Crippen molar-refractivity contribution in [1.29, 1.82) is 0 Å². The molecule has 0 unspecified atom stereocenters. The first-order chi connectivity index (χ1) is 4.98. The first-order valence-corrected chi connectivity index (χ1v) is 3.80. The largest absolute Gasteiger partial charge is 0.466 e. The summed E-state index contributed by atoms with van der Waals surface area (Å²) in [5.74, 6) is -0.211. The molecule has 0 bridgehead atoms. The van der Waals surface area contributed by atoms with E-state index in [1.807, 2.05) is 7.05 Å². The van der Waals surface area contributed by atoms with Crippen LogP contribution in [0.1, 0.15) is 27.2 Å². The second-order valence-electron chi connectivity index (χ2n) is 3.22. The summed E-state index contributed by atoms with van der Waals surface area (Å²) >= 11 is 0. The molecule has 11 heavy (non-hydrogen) atoms. The van der Waals surface area contributed by atoms with Crippen molar-refractivity contribution in [1.82, 2.24) is 5.32 Å². The van der Waals surface area contributed by atoms with E-state index in [1.54, 1.807) is 0 Å². The number of rotatable bonds is 4. The van der Waals surface area contributed by atoms with Crippen LogP contribution >= 0.6 is 0 Å². The van der Waals surface area contributed by atoms with E-state index >= 15 is 0 Å². The number of nitrogens with one attached hydrogen (secondary N) is 1. The minimum atomic E-state index is -0.211. The van der Waals surface area contributed by atoms with Gasteiger partial charge in [-0.05, 0) is 27.3 Å². The van der Waals surface area contributed by atoms with Crippen molar-refractivity contribution >= 4 is 5.97 Å². The van der Waals surface area contributed by atoms with E-state index in [-0.39, 0.29) is 11.5 Å². The molecule has 0 atom stereocenters. The zero-order valence-corrected chi connectivity index (χ0v) is 7.73. The molecule has 0 heterocycles. The van der Waals surface area contributed by atoms with Gasteiger partial charge < -0.3 is 10.1 Å². The van der Waals surface area contributed by atoms with Crippen molar-refractivity contribution < 1.29 is 9.53 Å². The predicted octanol–water partition coefficient (Wildman–Crippen LogP) is 0.938. The summed E-state index contributed by atoms with van der Waals surface area (Å²) in [5, 5.41) is 3.12. The summed E-state index contributed by atoms with van der Waals surface area (Å²) in [7, 11) is 1.90. The zero-order chi connectivity index (χ0) is 8.91. The second-order valence-corrected chi connectivity index (χ2v) is 3.22. The lowest BCUT2D eigenvalue weighted by Crippen LogP contribution is -2.37. The molecule has 0 rings (SSSR count). The van der Waals surface area contributed by atoms with Crippen LogP contribution in [0.25, 0.3) is 0 Å². The van der Waals surface area contributed by atoms with Gasteiger partial charge in [0.15, 0.2) is 0 Å². The molecule has 3 nitrogen and oxygen atoms in total. The highest BCUT2D eigenvalue weighted by Gasteiger charge is 2.14. The molecule has 0 radical (unpaired) electrons. The maximum atomic E-state index is 10.4. The standard InChI is InChI=1S/C8H17NO2/c1-7(10)11-6-5-8(2,3)9-4/h9H,5-6H2,1-4H3. The molecule has 0 aliphatic rings. The van der Waals surface area contributed by atoms with E-state index in [2.05, 4.69) is 19.2 Å². The molecular formula is C8H17NO2. The third-order valence-corrected chi connectivity index (χ3v) is 1.71. The van der Waals surface area contributed by atoms with Crippen LogP contribution in [-0.4, -0.2) is 25.2 Å². The summed E-state index contributed by atoms with van der Waals surface area (Å²) < 4.78 is 4.80. The van der Waals surface area contributed by atoms with Crippen molar-refractivity contribution in [2.45, 2.75) is 32.7 Å². The van der Waals surface area contributed by atoms with Gasteiger partial charge in [-0.3, -0.25) is 4.79 Å². The van der Waals surface area contributed by atoms with Gasteiger partial charge >= 0.3 is 5.97 Å². The molecule has 3 heteroatoms. The molecule has 0 fully saturated rings. The highest BCUT2D eigenvalue weighted by Crippen LogP contribution is 2.06. The number of esters is 1. The number of ether oxygens (including phenoxy) is 1.